The van der Waals surface area contributed by atoms with Gasteiger partial charge < -0.3 is 10.1 Å². The molecule has 1 aliphatic rings. The van der Waals surface area contributed by atoms with Crippen molar-refractivity contribution in [3.05, 3.63) is 23.2 Å². The number of halogens is 1. The van der Waals surface area contributed by atoms with Gasteiger partial charge in [0.2, 0.25) is 0 Å². The summed E-state index contributed by atoms with van der Waals surface area (Å²) in [6.45, 7) is 0. The molecule has 0 spiro atoms. The maximum absolute atomic E-state index is 9.27. The molecule has 19 heavy (non-hydrogen) atoms. The van der Waals surface area contributed by atoms with Crippen LogP contribution in [-0.2, 0) is 0 Å². The SMILES string of the molecule is COc1ccc(NC2CCCCCC2C#N)cc1Cl. The molecule has 1 saturated carbocycles. The molecular weight excluding hydrogens is 260 g/mol. The normalized spacial score (nSPS) is 23.2. The summed E-state index contributed by atoms with van der Waals surface area (Å²) in [5, 5.41) is 13.3. The van der Waals surface area contributed by atoms with Gasteiger partial charge in [-0.15, -0.1) is 0 Å². The van der Waals surface area contributed by atoms with Crippen molar-refractivity contribution in [2.75, 3.05) is 12.4 Å². The largest absolute Gasteiger partial charge is 0.495 e. The van der Waals surface area contributed by atoms with Crippen LogP contribution in [0.1, 0.15) is 32.1 Å². The van der Waals surface area contributed by atoms with Crippen LogP contribution in [0, 0.1) is 17.2 Å². The van der Waals surface area contributed by atoms with Crippen molar-refractivity contribution in [2.45, 2.75) is 38.1 Å². The van der Waals surface area contributed by atoms with E-state index in [9.17, 15) is 5.26 Å². The molecule has 1 N–H and O–H groups in total. The molecule has 0 heterocycles. The molecule has 0 radical (unpaired) electrons. The Morgan fingerprint density at radius 3 is 2.79 bits per heavy atom. The summed E-state index contributed by atoms with van der Waals surface area (Å²) < 4.78 is 5.14. The Balaban J connectivity index is 2.10. The van der Waals surface area contributed by atoms with E-state index in [1.54, 1.807) is 7.11 Å². The van der Waals surface area contributed by atoms with Crippen molar-refractivity contribution in [3.63, 3.8) is 0 Å². The van der Waals surface area contributed by atoms with E-state index >= 15 is 0 Å². The number of nitriles is 1. The van der Waals surface area contributed by atoms with E-state index in [-0.39, 0.29) is 12.0 Å². The summed E-state index contributed by atoms with van der Waals surface area (Å²) >= 11 is 6.12. The minimum atomic E-state index is 0.0865. The molecule has 2 unspecified atom stereocenters. The molecular formula is C15H19ClN2O. The predicted molar refractivity (Wildman–Crippen MR) is 77.6 cm³/mol. The van der Waals surface area contributed by atoms with Crippen LogP contribution in [0.2, 0.25) is 5.02 Å². The number of rotatable bonds is 3. The molecule has 1 aromatic carbocycles. The summed E-state index contributed by atoms with van der Waals surface area (Å²) in [6, 6.07) is 8.31. The van der Waals surface area contributed by atoms with Crippen molar-refractivity contribution in [2.24, 2.45) is 5.92 Å². The standard InChI is InChI=1S/C15H19ClN2O/c1-19-15-8-7-12(9-13(15)16)18-14-6-4-2-3-5-11(14)10-17/h7-9,11,14,18H,2-6H2,1H3. The van der Waals surface area contributed by atoms with Crippen LogP contribution in [0.25, 0.3) is 0 Å². The first-order valence-corrected chi connectivity index (χ1v) is 7.12. The van der Waals surface area contributed by atoms with E-state index in [0.29, 0.717) is 10.8 Å². The lowest BCUT2D eigenvalue weighted by Gasteiger charge is -2.22. The van der Waals surface area contributed by atoms with Crippen LogP contribution in [-0.4, -0.2) is 13.2 Å². The Hall–Kier alpha value is -1.40. The summed E-state index contributed by atoms with van der Waals surface area (Å²) in [7, 11) is 1.60. The highest BCUT2D eigenvalue weighted by Crippen LogP contribution is 2.30. The quantitative estimate of drug-likeness (QED) is 0.842. The molecule has 0 bridgehead atoms. The number of nitrogens with one attached hydrogen (secondary N) is 1. The first-order valence-electron chi connectivity index (χ1n) is 6.74. The molecule has 0 aliphatic heterocycles. The zero-order valence-electron chi connectivity index (χ0n) is 11.2. The monoisotopic (exact) mass is 278 g/mol. The minimum absolute atomic E-state index is 0.0865. The summed E-state index contributed by atoms with van der Waals surface area (Å²) in [6.07, 6.45) is 5.58. The first-order chi connectivity index (χ1) is 9.24. The maximum atomic E-state index is 9.27. The third kappa shape index (κ3) is 3.54. The molecule has 0 amide bonds. The molecule has 4 heteroatoms. The zero-order valence-corrected chi connectivity index (χ0v) is 11.9. The van der Waals surface area contributed by atoms with Crippen LogP contribution in [0.4, 0.5) is 5.69 Å². The van der Waals surface area contributed by atoms with Gasteiger partial charge in [0.1, 0.15) is 5.75 Å². The first kappa shape index (κ1) is 14.0. The second kappa shape index (κ2) is 6.68. The second-order valence-electron chi connectivity index (χ2n) is 4.97. The van der Waals surface area contributed by atoms with Crippen molar-refractivity contribution < 1.29 is 4.74 Å². The fraction of sp³-hybridized carbons (Fsp3) is 0.533. The molecule has 3 nitrogen and oxygen atoms in total. The van der Waals surface area contributed by atoms with Crippen molar-refractivity contribution in [1.29, 1.82) is 5.26 Å². The Morgan fingerprint density at radius 2 is 2.11 bits per heavy atom. The third-order valence-electron chi connectivity index (χ3n) is 3.69. The molecule has 1 aromatic rings. The fourth-order valence-corrected chi connectivity index (χ4v) is 2.86. The molecule has 0 aromatic heterocycles. The van der Waals surface area contributed by atoms with E-state index in [2.05, 4.69) is 11.4 Å². The fourth-order valence-electron chi connectivity index (χ4n) is 2.61. The van der Waals surface area contributed by atoms with Crippen molar-refractivity contribution in [1.82, 2.24) is 0 Å². The summed E-state index contributed by atoms with van der Waals surface area (Å²) in [4.78, 5) is 0. The van der Waals surface area contributed by atoms with E-state index in [4.69, 9.17) is 16.3 Å². The molecule has 102 valence electrons. The van der Waals surface area contributed by atoms with Gasteiger partial charge in [0.25, 0.3) is 0 Å². The van der Waals surface area contributed by atoms with Gasteiger partial charge in [0, 0.05) is 11.7 Å². The summed E-state index contributed by atoms with van der Waals surface area (Å²) in [5.74, 6) is 0.758. The number of ether oxygens (including phenoxy) is 1. The number of hydrogen-bond donors (Lipinski definition) is 1. The van der Waals surface area contributed by atoms with E-state index < -0.39 is 0 Å². The zero-order chi connectivity index (χ0) is 13.7. The number of benzene rings is 1. The highest BCUT2D eigenvalue weighted by molar-refractivity contribution is 6.32. The van der Waals surface area contributed by atoms with Gasteiger partial charge in [0.05, 0.1) is 24.1 Å². The molecule has 1 fully saturated rings. The van der Waals surface area contributed by atoms with Crippen LogP contribution < -0.4 is 10.1 Å². The van der Waals surface area contributed by atoms with Gasteiger partial charge in [-0.2, -0.15) is 5.26 Å². The Bertz CT molecular complexity index is 470. The van der Waals surface area contributed by atoms with E-state index in [0.717, 1.165) is 24.9 Å². The van der Waals surface area contributed by atoms with E-state index in [1.807, 2.05) is 18.2 Å². The van der Waals surface area contributed by atoms with Crippen LogP contribution in [0.5, 0.6) is 5.75 Å². The Labute approximate surface area is 119 Å². The lowest BCUT2D eigenvalue weighted by molar-refractivity contribution is 0.415. The lowest BCUT2D eigenvalue weighted by atomic mass is 9.96. The smallest absolute Gasteiger partial charge is 0.137 e. The Morgan fingerprint density at radius 1 is 1.32 bits per heavy atom. The topological polar surface area (TPSA) is 45.0 Å². The molecule has 0 saturated heterocycles. The number of methoxy groups -OCH3 is 1. The van der Waals surface area contributed by atoms with Gasteiger partial charge in [-0.1, -0.05) is 30.9 Å². The minimum Gasteiger partial charge on any atom is -0.495 e. The third-order valence-corrected chi connectivity index (χ3v) is 3.98. The van der Waals surface area contributed by atoms with Gasteiger partial charge in [-0.3, -0.25) is 0 Å². The predicted octanol–water partition coefficient (Wildman–Crippen LogP) is 4.23. The summed E-state index contributed by atoms with van der Waals surface area (Å²) in [5.41, 5.74) is 0.956. The maximum Gasteiger partial charge on any atom is 0.137 e. The van der Waals surface area contributed by atoms with Gasteiger partial charge in [0.15, 0.2) is 0 Å². The van der Waals surface area contributed by atoms with Gasteiger partial charge >= 0.3 is 0 Å². The van der Waals surface area contributed by atoms with Crippen molar-refractivity contribution in [3.8, 4) is 11.8 Å². The van der Waals surface area contributed by atoms with Gasteiger partial charge in [-0.05, 0) is 31.0 Å². The van der Waals surface area contributed by atoms with Gasteiger partial charge in [-0.25, -0.2) is 0 Å². The molecule has 2 atom stereocenters. The highest BCUT2D eigenvalue weighted by Gasteiger charge is 2.23. The number of anilines is 1. The average molecular weight is 279 g/mol. The van der Waals surface area contributed by atoms with Crippen LogP contribution in [0.3, 0.4) is 0 Å². The van der Waals surface area contributed by atoms with Crippen LogP contribution in [0.15, 0.2) is 18.2 Å². The highest BCUT2D eigenvalue weighted by atomic mass is 35.5. The number of nitrogens with zero attached hydrogens (tertiary/aromatic N) is 1. The lowest BCUT2D eigenvalue weighted by Crippen LogP contribution is -2.27. The van der Waals surface area contributed by atoms with Crippen molar-refractivity contribution >= 4 is 17.3 Å². The second-order valence-corrected chi connectivity index (χ2v) is 5.38. The molecule has 1 aliphatic carbocycles. The van der Waals surface area contributed by atoms with E-state index in [1.165, 1.54) is 12.8 Å². The molecule has 2 rings (SSSR count). The number of hydrogen-bond acceptors (Lipinski definition) is 3. The Kier molecular flexibility index (Phi) is 4.93. The van der Waals surface area contributed by atoms with Crippen LogP contribution >= 0.6 is 11.6 Å². The average Bonchev–Trinajstić information content (AvgIpc) is 2.64.